The Bertz CT molecular complexity index is 641. The number of carboxylic acid groups (broad SMARTS) is 1. The summed E-state index contributed by atoms with van der Waals surface area (Å²) in [6.45, 7) is 3.74. The van der Waals surface area contributed by atoms with Crippen LogP contribution in [0.25, 0.3) is 0 Å². The summed E-state index contributed by atoms with van der Waals surface area (Å²) in [6.07, 6.45) is 1.66. The maximum atomic E-state index is 11.2. The van der Waals surface area contributed by atoms with Gasteiger partial charge in [-0.2, -0.15) is 0 Å². The van der Waals surface area contributed by atoms with Crippen molar-refractivity contribution in [1.29, 1.82) is 0 Å². The van der Waals surface area contributed by atoms with Crippen molar-refractivity contribution in [3.63, 3.8) is 0 Å². The van der Waals surface area contributed by atoms with Crippen LogP contribution in [-0.4, -0.2) is 16.1 Å². The van der Waals surface area contributed by atoms with Crippen molar-refractivity contribution in [2.75, 3.05) is 0 Å². The molecule has 2 rings (SSSR count). The fourth-order valence-corrected chi connectivity index (χ4v) is 2.14. The van der Waals surface area contributed by atoms with Crippen LogP contribution < -0.4 is 4.74 Å². The van der Waals surface area contributed by atoms with Gasteiger partial charge in [-0.25, -0.2) is 9.78 Å². The third kappa shape index (κ3) is 3.12. The van der Waals surface area contributed by atoms with E-state index in [2.05, 4.69) is 20.9 Å². The van der Waals surface area contributed by atoms with E-state index < -0.39 is 5.97 Å². The average Bonchev–Trinajstić information content (AvgIpc) is 2.34. The van der Waals surface area contributed by atoms with E-state index >= 15 is 0 Å². The van der Waals surface area contributed by atoms with Crippen LogP contribution in [0.1, 0.15) is 21.5 Å². The number of hydrogen-bond donors (Lipinski definition) is 1. The molecule has 0 bridgehead atoms. The SMILES string of the molecule is Cc1cnc(Oc2ccc(C)cc2C(=O)O)c(Br)c1. The molecule has 0 aliphatic heterocycles. The second kappa shape index (κ2) is 5.40. The minimum absolute atomic E-state index is 0.120. The normalized spacial score (nSPS) is 10.3. The number of carbonyl (C=O) groups is 1. The first kappa shape index (κ1) is 13.5. The smallest absolute Gasteiger partial charge is 0.339 e. The molecule has 2 aromatic rings. The zero-order chi connectivity index (χ0) is 14.0. The molecule has 0 spiro atoms. The van der Waals surface area contributed by atoms with Crippen LogP contribution in [0.3, 0.4) is 0 Å². The van der Waals surface area contributed by atoms with Gasteiger partial charge >= 0.3 is 5.97 Å². The van der Waals surface area contributed by atoms with Crippen molar-refractivity contribution >= 4 is 21.9 Å². The Morgan fingerprint density at radius 3 is 2.63 bits per heavy atom. The summed E-state index contributed by atoms with van der Waals surface area (Å²) in [5.74, 6) is -0.408. The summed E-state index contributed by atoms with van der Waals surface area (Å²) in [4.78, 5) is 15.3. The average molecular weight is 322 g/mol. The summed E-state index contributed by atoms with van der Waals surface area (Å²) >= 11 is 3.35. The van der Waals surface area contributed by atoms with Crippen LogP contribution in [0.2, 0.25) is 0 Å². The molecule has 1 N–H and O–H groups in total. The van der Waals surface area contributed by atoms with Crippen LogP contribution in [-0.2, 0) is 0 Å². The first-order valence-electron chi connectivity index (χ1n) is 5.61. The molecule has 0 radical (unpaired) electrons. The van der Waals surface area contributed by atoms with Gasteiger partial charge in [-0.15, -0.1) is 0 Å². The second-order valence-corrected chi connectivity index (χ2v) is 5.06. The van der Waals surface area contributed by atoms with Crippen molar-refractivity contribution in [2.24, 2.45) is 0 Å². The molecular formula is C14H12BrNO3. The largest absolute Gasteiger partial charge is 0.478 e. The monoisotopic (exact) mass is 321 g/mol. The van der Waals surface area contributed by atoms with Gasteiger partial charge < -0.3 is 9.84 Å². The third-order valence-electron chi connectivity index (χ3n) is 2.52. The Morgan fingerprint density at radius 2 is 2.00 bits per heavy atom. The molecule has 0 fully saturated rings. The lowest BCUT2D eigenvalue weighted by Gasteiger charge is -2.10. The van der Waals surface area contributed by atoms with Gasteiger partial charge in [0.15, 0.2) is 0 Å². The Labute approximate surface area is 119 Å². The number of ether oxygens (including phenoxy) is 1. The van der Waals surface area contributed by atoms with E-state index in [4.69, 9.17) is 9.84 Å². The van der Waals surface area contributed by atoms with E-state index in [1.807, 2.05) is 19.9 Å². The summed E-state index contributed by atoms with van der Waals surface area (Å²) in [6, 6.07) is 6.85. The molecule has 98 valence electrons. The molecule has 5 heteroatoms. The van der Waals surface area contributed by atoms with Crippen molar-refractivity contribution < 1.29 is 14.6 Å². The number of carboxylic acids is 1. The first-order valence-corrected chi connectivity index (χ1v) is 6.40. The molecule has 0 saturated carbocycles. The number of halogens is 1. The maximum absolute atomic E-state index is 11.2. The predicted octanol–water partition coefficient (Wildman–Crippen LogP) is 3.95. The van der Waals surface area contributed by atoms with Gasteiger partial charge in [-0.05, 0) is 53.5 Å². The fraction of sp³-hybridized carbons (Fsp3) is 0.143. The van der Waals surface area contributed by atoms with Crippen LogP contribution in [0.4, 0.5) is 0 Å². The summed E-state index contributed by atoms with van der Waals surface area (Å²) in [5.41, 5.74) is 1.97. The highest BCUT2D eigenvalue weighted by Gasteiger charge is 2.14. The van der Waals surface area contributed by atoms with E-state index in [0.717, 1.165) is 11.1 Å². The van der Waals surface area contributed by atoms with Crippen molar-refractivity contribution in [1.82, 2.24) is 4.98 Å². The summed E-state index contributed by atoms with van der Waals surface area (Å²) in [5, 5.41) is 9.17. The van der Waals surface area contributed by atoms with E-state index in [0.29, 0.717) is 10.4 Å². The molecule has 0 amide bonds. The maximum Gasteiger partial charge on any atom is 0.339 e. The molecule has 0 saturated heterocycles. The molecule has 0 unspecified atom stereocenters. The Kier molecular flexibility index (Phi) is 3.85. The lowest BCUT2D eigenvalue weighted by Crippen LogP contribution is -2.01. The van der Waals surface area contributed by atoms with E-state index in [1.54, 1.807) is 24.4 Å². The topological polar surface area (TPSA) is 59.4 Å². The van der Waals surface area contributed by atoms with Gasteiger partial charge in [-0.3, -0.25) is 0 Å². The molecule has 1 aromatic heterocycles. The van der Waals surface area contributed by atoms with Crippen LogP contribution in [0, 0.1) is 13.8 Å². The van der Waals surface area contributed by atoms with Crippen LogP contribution in [0.5, 0.6) is 11.6 Å². The lowest BCUT2D eigenvalue weighted by atomic mass is 10.1. The number of rotatable bonds is 3. The lowest BCUT2D eigenvalue weighted by molar-refractivity contribution is 0.0694. The van der Waals surface area contributed by atoms with Gasteiger partial charge in [0.05, 0.1) is 4.47 Å². The third-order valence-corrected chi connectivity index (χ3v) is 3.08. The highest BCUT2D eigenvalue weighted by atomic mass is 79.9. The van der Waals surface area contributed by atoms with Gasteiger partial charge in [0, 0.05) is 6.20 Å². The zero-order valence-corrected chi connectivity index (χ0v) is 12.1. The van der Waals surface area contributed by atoms with Gasteiger partial charge in [0.2, 0.25) is 5.88 Å². The molecule has 0 aliphatic carbocycles. The standard InChI is InChI=1S/C14H12BrNO3/c1-8-3-4-12(10(5-8)14(17)18)19-13-11(15)6-9(2)7-16-13/h3-7H,1-2H3,(H,17,18). The molecule has 1 aromatic carbocycles. The molecule has 0 aliphatic rings. The quantitative estimate of drug-likeness (QED) is 0.929. The Morgan fingerprint density at radius 1 is 1.26 bits per heavy atom. The first-order chi connectivity index (χ1) is 8.97. The number of benzene rings is 1. The molecule has 19 heavy (non-hydrogen) atoms. The van der Waals surface area contributed by atoms with E-state index in [9.17, 15) is 4.79 Å². The predicted molar refractivity (Wildman–Crippen MR) is 74.9 cm³/mol. The van der Waals surface area contributed by atoms with Crippen LogP contribution in [0.15, 0.2) is 34.9 Å². The van der Waals surface area contributed by atoms with Crippen molar-refractivity contribution in [3.05, 3.63) is 51.6 Å². The van der Waals surface area contributed by atoms with Crippen molar-refractivity contribution in [3.8, 4) is 11.6 Å². The minimum Gasteiger partial charge on any atom is -0.478 e. The van der Waals surface area contributed by atoms with Gasteiger partial charge in [0.1, 0.15) is 11.3 Å². The number of aromatic nitrogens is 1. The van der Waals surface area contributed by atoms with Crippen molar-refractivity contribution in [2.45, 2.75) is 13.8 Å². The molecule has 1 heterocycles. The highest BCUT2D eigenvalue weighted by Crippen LogP contribution is 2.30. The minimum atomic E-state index is -1.03. The number of nitrogens with zero attached hydrogens (tertiary/aromatic N) is 1. The zero-order valence-electron chi connectivity index (χ0n) is 10.5. The van der Waals surface area contributed by atoms with E-state index in [1.165, 1.54) is 0 Å². The Hall–Kier alpha value is -1.88. The number of pyridine rings is 1. The number of aryl methyl sites for hydroxylation is 2. The van der Waals surface area contributed by atoms with Gasteiger partial charge in [-0.1, -0.05) is 11.6 Å². The summed E-state index contributed by atoms with van der Waals surface area (Å²) < 4.78 is 6.26. The molecule has 4 nitrogen and oxygen atoms in total. The summed E-state index contributed by atoms with van der Waals surface area (Å²) in [7, 11) is 0. The van der Waals surface area contributed by atoms with E-state index in [-0.39, 0.29) is 11.3 Å². The molecular weight excluding hydrogens is 310 g/mol. The number of hydrogen-bond acceptors (Lipinski definition) is 3. The Balaban J connectivity index is 2.40. The van der Waals surface area contributed by atoms with Crippen LogP contribution >= 0.6 is 15.9 Å². The molecule has 0 atom stereocenters. The number of aromatic carboxylic acids is 1. The second-order valence-electron chi connectivity index (χ2n) is 4.21. The van der Waals surface area contributed by atoms with Gasteiger partial charge in [0.25, 0.3) is 0 Å². The highest BCUT2D eigenvalue weighted by molar-refractivity contribution is 9.10. The fourth-order valence-electron chi connectivity index (χ4n) is 1.60.